The first kappa shape index (κ1) is 18.8. The molecule has 0 aromatic heterocycles. The second-order valence-electron chi connectivity index (χ2n) is 5.49. The molecule has 2 aromatic rings. The summed E-state index contributed by atoms with van der Waals surface area (Å²) in [5, 5.41) is 12.2. The van der Waals surface area contributed by atoms with Gasteiger partial charge in [0.2, 0.25) is 0 Å². The van der Waals surface area contributed by atoms with E-state index in [4.69, 9.17) is 9.84 Å². The molecule has 0 heterocycles. The van der Waals surface area contributed by atoms with Crippen molar-refractivity contribution in [1.82, 2.24) is 0 Å². The minimum Gasteiger partial charge on any atom is -0.478 e. The van der Waals surface area contributed by atoms with Gasteiger partial charge in [-0.25, -0.2) is 13.2 Å². The fourth-order valence-electron chi connectivity index (χ4n) is 2.27. The van der Waals surface area contributed by atoms with Crippen molar-refractivity contribution in [3.63, 3.8) is 0 Å². The first-order valence-corrected chi connectivity index (χ1v) is 9.02. The van der Waals surface area contributed by atoms with Crippen LogP contribution in [0.4, 0.5) is 11.4 Å². The summed E-state index contributed by atoms with van der Waals surface area (Å²) in [6, 6.07) is 12.2. The fraction of sp³-hybridized carbons (Fsp3) is 0.235. The van der Waals surface area contributed by atoms with E-state index in [1.807, 2.05) is 6.92 Å². The largest absolute Gasteiger partial charge is 0.478 e. The minimum atomic E-state index is -3.98. The number of carboxylic acids is 1. The van der Waals surface area contributed by atoms with Crippen LogP contribution in [0.1, 0.15) is 17.3 Å². The Hall–Kier alpha value is -2.58. The lowest BCUT2D eigenvalue weighted by molar-refractivity contribution is 0.0696. The van der Waals surface area contributed by atoms with Crippen LogP contribution in [0.25, 0.3) is 0 Å². The van der Waals surface area contributed by atoms with Crippen molar-refractivity contribution >= 4 is 27.4 Å². The van der Waals surface area contributed by atoms with E-state index in [2.05, 4.69) is 10.0 Å². The van der Waals surface area contributed by atoms with E-state index in [0.717, 1.165) is 6.07 Å². The quantitative estimate of drug-likeness (QED) is 0.665. The number of aromatic carboxylic acids is 1. The standard InChI is InChI=1S/C17H20N2O5S/c1-12(11-24-2)18-15-9-8-13(17(20)21)10-16(15)25(22,23)19-14-6-4-3-5-7-14/h3-10,12,18-19H,11H2,1-2H3,(H,20,21). The monoisotopic (exact) mass is 364 g/mol. The van der Waals surface area contributed by atoms with Gasteiger partial charge < -0.3 is 15.2 Å². The molecule has 1 unspecified atom stereocenters. The van der Waals surface area contributed by atoms with Gasteiger partial charge in [0.1, 0.15) is 4.90 Å². The molecule has 0 aliphatic rings. The van der Waals surface area contributed by atoms with Crippen molar-refractivity contribution < 1.29 is 23.1 Å². The Kier molecular flexibility index (Phi) is 6.00. The number of rotatable bonds is 8. The van der Waals surface area contributed by atoms with E-state index in [9.17, 15) is 13.2 Å². The van der Waals surface area contributed by atoms with Crippen LogP contribution in [0.3, 0.4) is 0 Å². The van der Waals surface area contributed by atoms with Crippen LogP contribution in [-0.4, -0.2) is 39.3 Å². The van der Waals surface area contributed by atoms with Gasteiger partial charge in [-0.3, -0.25) is 4.72 Å². The van der Waals surface area contributed by atoms with Gasteiger partial charge in [0, 0.05) is 18.8 Å². The number of hydrogen-bond acceptors (Lipinski definition) is 5. The molecule has 0 saturated heterocycles. The Bertz CT molecular complexity index is 837. The molecular weight excluding hydrogens is 344 g/mol. The van der Waals surface area contributed by atoms with Gasteiger partial charge in [-0.15, -0.1) is 0 Å². The van der Waals surface area contributed by atoms with E-state index >= 15 is 0 Å². The molecule has 3 N–H and O–H groups in total. The van der Waals surface area contributed by atoms with Crippen molar-refractivity contribution in [3.05, 3.63) is 54.1 Å². The summed E-state index contributed by atoms with van der Waals surface area (Å²) in [5.74, 6) is -1.20. The zero-order chi connectivity index (χ0) is 18.4. The highest BCUT2D eigenvalue weighted by Gasteiger charge is 2.22. The van der Waals surface area contributed by atoms with Crippen LogP contribution < -0.4 is 10.0 Å². The van der Waals surface area contributed by atoms with Crippen LogP contribution in [0, 0.1) is 0 Å². The van der Waals surface area contributed by atoms with Crippen molar-refractivity contribution in [2.45, 2.75) is 17.9 Å². The topological polar surface area (TPSA) is 105 Å². The number of benzene rings is 2. The second-order valence-corrected chi connectivity index (χ2v) is 7.14. The molecule has 2 rings (SSSR count). The Balaban J connectivity index is 2.44. The van der Waals surface area contributed by atoms with Crippen molar-refractivity contribution in [1.29, 1.82) is 0 Å². The third kappa shape index (κ3) is 4.94. The molecule has 0 amide bonds. The van der Waals surface area contributed by atoms with Crippen LogP contribution in [0.2, 0.25) is 0 Å². The molecule has 0 aliphatic carbocycles. The lowest BCUT2D eigenvalue weighted by Gasteiger charge is -2.18. The van der Waals surface area contributed by atoms with Gasteiger partial charge in [-0.2, -0.15) is 0 Å². The van der Waals surface area contributed by atoms with E-state index in [1.54, 1.807) is 37.4 Å². The summed E-state index contributed by atoms with van der Waals surface area (Å²) in [7, 11) is -2.44. The Morgan fingerprint density at radius 2 is 1.88 bits per heavy atom. The highest BCUT2D eigenvalue weighted by Crippen LogP contribution is 2.26. The average molecular weight is 364 g/mol. The number of sulfonamides is 1. The van der Waals surface area contributed by atoms with Crippen LogP contribution in [0.15, 0.2) is 53.4 Å². The summed E-state index contributed by atoms with van der Waals surface area (Å²) in [6.07, 6.45) is 0. The predicted molar refractivity (Wildman–Crippen MR) is 95.6 cm³/mol. The Labute approximate surface area is 146 Å². The normalized spacial score (nSPS) is 12.4. The molecular formula is C17H20N2O5S. The Morgan fingerprint density at radius 3 is 2.48 bits per heavy atom. The second kappa shape index (κ2) is 8.00. The number of nitrogens with one attached hydrogen (secondary N) is 2. The molecule has 0 radical (unpaired) electrons. The third-order valence-corrected chi connectivity index (χ3v) is 4.78. The number of carboxylic acid groups (broad SMARTS) is 1. The maximum absolute atomic E-state index is 12.8. The molecule has 8 heteroatoms. The number of hydrogen-bond donors (Lipinski definition) is 3. The van der Waals surface area contributed by atoms with Crippen molar-refractivity contribution in [2.75, 3.05) is 23.8 Å². The van der Waals surface area contributed by atoms with Gasteiger partial charge in [-0.1, -0.05) is 18.2 Å². The predicted octanol–water partition coefficient (Wildman–Crippen LogP) is 2.63. The molecule has 0 fully saturated rings. The summed E-state index contributed by atoms with van der Waals surface area (Å²) in [4.78, 5) is 11.1. The molecule has 0 spiro atoms. The summed E-state index contributed by atoms with van der Waals surface area (Å²) in [6.45, 7) is 2.20. The van der Waals surface area contributed by atoms with Gasteiger partial charge in [0.25, 0.3) is 10.0 Å². The SMILES string of the molecule is COCC(C)Nc1ccc(C(=O)O)cc1S(=O)(=O)Nc1ccccc1. The van der Waals surface area contributed by atoms with E-state index < -0.39 is 16.0 Å². The van der Waals surface area contributed by atoms with Crippen molar-refractivity contribution in [3.8, 4) is 0 Å². The lowest BCUT2D eigenvalue weighted by Crippen LogP contribution is -2.23. The maximum atomic E-state index is 12.8. The number of para-hydroxylation sites is 1. The zero-order valence-electron chi connectivity index (χ0n) is 13.9. The third-order valence-electron chi connectivity index (χ3n) is 3.36. The summed E-state index contributed by atoms with van der Waals surface area (Å²) < 4.78 is 33.0. The highest BCUT2D eigenvalue weighted by atomic mass is 32.2. The number of anilines is 2. The maximum Gasteiger partial charge on any atom is 0.335 e. The van der Waals surface area contributed by atoms with E-state index in [1.165, 1.54) is 12.1 Å². The lowest BCUT2D eigenvalue weighted by atomic mass is 10.2. The zero-order valence-corrected chi connectivity index (χ0v) is 14.7. The molecule has 134 valence electrons. The molecule has 7 nitrogen and oxygen atoms in total. The number of carbonyl (C=O) groups is 1. The van der Waals surface area contributed by atoms with Gasteiger partial charge in [0.15, 0.2) is 0 Å². The van der Waals surface area contributed by atoms with Gasteiger partial charge in [-0.05, 0) is 37.3 Å². The Morgan fingerprint density at radius 1 is 1.20 bits per heavy atom. The van der Waals surface area contributed by atoms with Crippen molar-refractivity contribution in [2.24, 2.45) is 0 Å². The van der Waals surface area contributed by atoms with E-state index in [0.29, 0.717) is 18.0 Å². The summed E-state index contributed by atoms with van der Waals surface area (Å²) in [5.41, 5.74) is 0.579. The van der Waals surface area contributed by atoms with E-state index in [-0.39, 0.29) is 16.5 Å². The molecule has 0 saturated carbocycles. The molecule has 0 bridgehead atoms. The highest BCUT2D eigenvalue weighted by molar-refractivity contribution is 7.92. The first-order chi connectivity index (χ1) is 11.8. The minimum absolute atomic E-state index is 0.113. The summed E-state index contributed by atoms with van der Waals surface area (Å²) >= 11 is 0. The molecule has 25 heavy (non-hydrogen) atoms. The van der Waals surface area contributed by atoms with Crippen LogP contribution in [-0.2, 0) is 14.8 Å². The van der Waals surface area contributed by atoms with Crippen LogP contribution >= 0.6 is 0 Å². The van der Waals surface area contributed by atoms with Gasteiger partial charge in [0.05, 0.1) is 17.9 Å². The fourth-order valence-corrected chi connectivity index (χ4v) is 3.53. The average Bonchev–Trinajstić information content (AvgIpc) is 2.55. The molecule has 1 atom stereocenters. The van der Waals surface area contributed by atoms with Gasteiger partial charge >= 0.3 is 5.97 Å². The number of methoxy groups -OCH3 is 1. The number of ether oxygens (including phenoxy) is 1. The van der Waals surface area contributed by atoms with Crippen LogP contribution in [0.5, 0.6) is 0 Å². The molecule has 2 aromatic carbocycles. The first-order valence-electron chi connectivity index (χ1n) is 7.54. The smallest absolute Gasteiger partial charge is 0.335 e. The molecule has 0 aliphatic heterocycles.